The number of benzene rings is 1. The van der Waals surface area contributed by atoms with Gasteiger partial charge in [0.15, 0.2) is 0 Å². The molecule has 2 aliphatic rings. The third kappa shape index (κ3) is 4.21. The Hall–Kier alpha value is -2.61. The van der Waals surface area contributed by atoms with Crippen molar-refractivity contribution in [3.8, 4) is 0 Å². The fraction of sp³-hybridized carbons (Fsp3) is 0.526. The van der Waals surface area contributed by atoms with Gasteiger partial charge < -0.3 is 25.6 Å². The quantitative estimate of drug-likeness (QED) is 0.830. The van der Waals surface area contributed by atoms with E-state index in [2.05, 4.69) is 49.4 Å². The van der Waals surface area contributed by atoms with Crippen molar-refractivity contribution in [2.24, 2.45) is 0 Å². The summed E-state index contributed by atoms with van der Waals surface area (Å²) >= 11 is 0. The third-order valence-corrected chi connectivity index (χ3v) is 5.24. The zero-order chi connectivity index (χ0) is 18.6. The first-order chi connectivity index (χ1) is 13.2. The first kappa shape index (κ1) is 17.8. The van der Waals surface area contributed by atoms with Crippen molar-refractivity contribution in [3.63, 3.8) is 0 Å². The molecule has 3 N–H and O–H groups in total. The Kier molecular flexibility index (Phi) is 5.24. The van der Waals surface area contributed by atoms with Gasteiger partial charge in [-0.3, -0.25) is 0 Å². The average Bonchev–Trinajstić information content (AvgIpc) is 3.21. The smallest absolute Gasteiger partial charge is 0.236 e. The molecule has 0 amide bonds. The number of hydrogen-bond acceptors (Lipinski definition) is 8. The summed E-state index contributed by atoms with van der Waals surface area (Å²) in [6, 6.07) is 8.83. The lowest BCUT2D eigenvalue weighted by atomic mass is 10.2. The summed E-state index contributed by atoms with van der Waals surface area (Å²) in [6.07, 6.45) is 4.81. The van der Waals surface area contributed by atoms with Crippen molar-refractivity contribution in [3.05, 3.63) is 24.3 Å². The van der Waals surface area contributed by atoms with E-state index >= 15 is 0 Å². The zero-order valence-corrected chi connectivity index (χ0v) is 15.8. The molecule has 1 aromatic heterocycles. The highest BCUT2D eigenvalue weighted by atomic mass is 16.5. The summed E-state index contributed by atoms with van der Waals surface area (Å²) in [5, 5.41) is 3.39. The van der Waals surface area contributed by atoms with Crippen LogP contribution < -0.4 is 20.9 Å². The SMILES string of the molecule is CN(c1ccc(N2CCOCC2)cc1)c1nc(N)nc(NC2CCCC2)n1. The van der Waals surface area contributed by atoms with Crippen molar-refractivity contribution in [2.45, 2.75) is 31.7 Å². The minimum absolute atomic E-state index is 0.234. The van der Waals surface area contributed by atoms with Crippen molar-refractivity contribution in [2.75, 3.05) is 54.2 Å². The minimum atomic E-state index is 0.234. The van der Waals surface area contributed by atoms with Crippen LogP contribution in [0.3, 0.4) is 0 Å². The number of hydrogen-bond donors (Lipinski definition) is 2. The monoisotopic (exact) mass is 369 g/mol. The maximum absolute atomic E-state index is 5.92. The number of rotatable bonds is 5. The van der Waals surface area contributed by atoms with Crippen LogP contribution in [-0.4, -0.2) is 54.3 Å². The Labute approximate surface area is 159 Å². The number of aromatic nitrogens is 3. The van der Waals surface area contributed by atoms with Gasteiger partial charge in [0.05, 0.1) is 13.2 Å². The van der Waals surface area contributed by atoms with Crippen LogP contribution >= 0.6 is 0 Å². The largest absolute Gasteiger partial charge is 0.378 e. The van der Waals surface area contributed by atoms with Crippen molar-refractivity contribution in [1.82, 2.24) is 15.0 Å². The summed E-state index contributed by atoms with van der Waals surface area (Å²) in [4.78, 5) is 17.4. The van der Waals surface area contributed by atoms with Gasteiger partial charge in [-0.2, -0.15) is 15.0 Å². The maximum atomic E-state index is 5.92. The van der Waals surface area contributed by atoms with Gasteiger partial charge in [-0.15, -0.1) is 0 Å². The second-order valence-electron chi connectivity index (χ2n) is 7.12. The van der Waals surface area contributed by atoms with Crippen LogP contribution in [0.15, 0.2) is 24.3 Å². The van der Waals surface area contributed by atoms with Gasteiger partial charge >= 0.3 is 0 Å². The molecule has 0 bridgehead atoms. The highest BCUT2D eigenvalue weighted by molar-refractivity contribution is 5.62. The van der Waals surface area contributed by atoms with E-state index in [-0.39, 0.29) is 5.95 Å². The summed E-state index contributed by atoms with van der Waals surface area (Å²) in [7, 11) is 1.94. The first-order valence-corrected chi connectivity index (χ1v) is 9.63. The van der Waals surface area contributed by atoms with Crippen LogP contribution in [0.2, 0.25) is 0 Å². The molecule has 2 heterocycles. The second kappa shape index (κ2) is 7.96. The number of nitrogen functional groups attached to an aromatic ring is 1. The highest BCUT2D eigenvalue weighted by Gasteiger charge is 2.18. The lowest BCUT2D eigenvalue weighted by molar-refractivity contribution is 0.122. The van der Waals surface area contributed by atoms with Crippen molar-refractivity contribution < 1.29 is 4.74 Å². The predicted molar refractivity (Wildman–Crippen MR) is 108 cm³/mol. The number of nitrogens with one attached hydrogen (secondary N) is 1. The van der Waals surface area contributed by atoms with Gasteiger partial charge in [0.1, 0.15) is 0 Å². The number of ether oxygens (including phenoxy) is 1. The Morgan fingerprint density at radius 3 is 2.48 bits per heavy atom. The Balaban J connectivity index is 1.49. The molecule has 144 valence electrons. The predicted octanol–water partition coefficient (Wildman–Crippen LogP) is 2.41. The van der Waals surface area contributed by atoms with Crippen LogP contribution in [0, 0.1) is 0 Å². The van der Waals surface area contributed by atoms with E-state index in [0.717, 1.165) is 44.8 Å². The van der Waals surface area contributed by atoms with Crippen LogP contribution in [0.4, 0.5) is 29.2 Å². The second-order valence-corrected chi connectivity index (χ2v) is 7.12. The van der Waals surface area contributed by atoms with Gasteiger partial charge in [-0.1, -0.05) is 12.8 Å². The molecule has 1 saturated carbocycles. The highest BCUT2D eigenvalue weighted by Crippen LogP contribution is 2.26. The van der Waals surface area contributed by atoms with Gasteiger partial charge in [-0.05, 0) is 37.1 Å². The fourth-order valence-electron chi connectivity index (χ4n) is 3.67. The van der Waals surface area contributed by atoms with E-state index < -0.39 is 0 Å². The lowest BCUT2D eigenvalue weighted by Crippen LogP contribution is -2.36. The Morgan fingerprint density at radius 1 is 1.07 bits per heavy atom. The molecule has 1 aliphatic heterocycles. The average molecular weight is 369 g/mol. The van der Waals surface area contributed by atoms with Crippen molar-refractivity contribution >= 4 is 29.2 Å². The normalized spacial score (nSPS) is 17.9. The molecule has 4 rings (SSSR count). The molecule has 1 aliphatic carbocycles. The lowest BCUT2D eigenvalue weighted by Gasteiger charge is -2.29. The summed E-state index contributed by atoms with van der Waals surface area (Å²) < 4.78 is 5.42. The molecule has 0 unspecified atom stereocenters. The third-order valence-electron chi connectivity index (χ3n) is 5.24. The molecular formula is C19H27N7O. The van der Waals surface area contributed by atoms with Gasteiger partial charge in [0, 0.05) is 37.6 Å². The van der Waals surface area contributed by atoms with Crippen LogP contribution in [0.5, 0.6) is 0 Å². The summed E-state index contributed by atoms with van der Waals surface area (Å²) in [5.74, 6) is 1.33. The van der Waals surface area contributed by atoms with Crippen LogP contribution in [-0.2, 0) is 4.74 Å². The minimum Gasteiger partial charge on any atom is -0.378 e. The van der Waals surface area contributed by atoms with Gasteiger partial charge in [-0.25, -0.2) is 0 Å². The van der Waals surface area contributed by atoms with Crippen LogP contribution in [0.1, 0.15) is 25.7 Å². The van der Waals surface area contributed by atoms with Crippen LogP contribution in [0.25, 0.3) is 0 Å². The molecule has 0 spiro atoms. The Bertz CT molecular complexity index is 755. The van der Waals surface area contributed by atoms with E-state index in [4.69, 9.17) is 10.5 Å². The first-order valence-electron chi connectivity index (χ1n) is 9.63. The molecule has 8 heteroatoms. The van der Waals surface area contributed by atoms with E-state index in [9.17, 15) is 0 Å². The van der Waals surface area contributed by atoms with Crippen molar-refractivity contribution in [1.29, 1.82) is 0 Å². The molecule has 8 nitrogen and oxygen atoms in total. The molecule has 2 aromatic rings. The van der Waals surface area contributed by atoms with Gasteiger partial charge in [0.25, 0.3) is 0 Å². The fourth-order valence-corrected chi connectivity index (χ4v) is 3.67. The number of morpholine rings is 1. The number of nitrogens with two attached hydrogens (primary N) is 1. The maximum Gasteiger partial charge on any atom is 0.236 e. The summed E-state index contributed by atoms with van der Waals surface area (Å²) in [6.45, 7) is 3.41. The molecule has 0 atom stereocenters. The number of anilines is 5. The van der Waals surface area contributed by atoms with E-state index in [1.807, 2.05) is 11.9 Å². The topological polar surface area (TPSA) is 92.4 Å². The van der Waals surface area contributed by atoms with Gasteiger partial charge in [0.2, 0.25) is 17.8 Å². The molecule has 27 heavy (non-hydrogen) atoms. The molecule has 0 radical (unpaired) electrons. The zero-order valence-electron chi connectivity index (χ0n) is 15.8. The molecule has 2 fully saturated rings. The number of nitrogens with zero attached hydrogens (tertiary/aromatic N) is 5. The van der Waals surface area contributed by atoms with E-state index in [0.29, 0.717) is 17.9 Å². The van der Waals surface area contributed by atoms with E-state index in [1.54, 1.807) is 0 Å². The Morgan fingerprint density at radius 2 is 1.78 bits per heavy atom. The standard InChI is InChI=1S/C19H27N7O/c1-25(15-6-8-16(9-7-15)26-10-12-27-13-11-26)19-23-17(20)22-18(24-19)21-14-4-2-3-5-14/h6-9,14H,2-5,10-13H2,1H3,(H3,20,21,22,23,24). The van der Waals surface area contributed by atoms with E-state index in [1.165, 1.54) is 18.5 Å². The molecular weight excluding hydrogens is 342 g/mol. The molecule has 1 aromatic carbocycles. The summed E-state index contributed by atoms with van der Waals surface area (Å²) in [5.41, 5.74) is 8.13. The molecule has 1 saturated heterocycles.